The van der Waals surface area contributed by atoms with Gasteiger partial charge in [0.1, 0.15) is 12.1 Å². The van der Waals surface area contributed by atoms with E-state index < -0.39 is 0 Å². The largest absolute Gasteiger partial charge is 0.340 e. The van der Waals surface area contributed by atoms with Crippen molar-refractivity contribution in [3.05, 3.63) is 84.1 Å². The minimum atomic E-state index is 0.487. The average molecular weight is 373 g/mol. The van der Waals surface area contributed by atoms with Crippen LogP contribution in [0.15, 0.2) is 72.9 Å². The molecular weight excluding hydrogens is 350 g/mol. The van der Waals surface area contributed by atoms with E-state index in [0.717, 1.165) is 34.6 Å². The van der Waals surface area contributed by atoms with Gasteiger partial charge in [-0.15, -0.1) is 0 Å². The Hall–Kier alpha value is -3.51. The van der Waals surface area contributed by atoms with Crippen LogP contribution >= 0.6 is 0 Å². The van der Waals surface area contributed by atoms with Gasteiger partial charge in [-0.1, -0.05) is 36.9 Å². The average Bonchev–Trinajstić information content (AvgIpc) is 2.72. The number of anilines is 4. The fourth-order valence-electron chi connectivity index (χ4n) is 2.53. The van der Waals surface area contributed by atoms with E-state index in [1.807, 2.05) is 61.5 Å². The molecule has 0 aliphatic heterocycles. The Morgan fingerprint density at radius 2 is 1.75 bits per heavy atom. The molecule has 1 heterocycles. The summed E-state index contributed by atoms with van der Waals surface area (Å²) in [4.78, 5) is 19.5. The molecule has 0 fully saturated rings. The van der Waals surface area contributed by atoms with Crippen molar-refractivity contribution < 1.29 is 4.79 Å². The number of carbonyl (C=O) groups is 1. The number of nitrogens with zero attached hydrogens (tertiary/aromatic N) is 2. The molecule has 1 aromatic heterocycles. The molecular formula is C22H23N5O. The molecule has 0 spiro atoms. The molecule has 3 aromatic rings. The lowest BCUT2D eigenvalue weighted by atomic mass is 10.2. The summed E-state index contributed by atoms with van der Waals surface area (Å²) in [5.74, 6) is 1.29. The van der Waals surface area contributed by atoms with Crippen molar-refractivity contribution in [3.63, 3.8) is 0 Å². The minimum absolute atomic E-state index is 0.487. The Morgan fingerprint density at radius 1 is 1.04 bits per heavy atom. The molecule has 6 heteroatoms. The molecule has 0 saturated carbocycles. The monoisotopic (exact) mass is 373 g/mol. The Morgan fingerprint density at radius 3 is 2.46 bits per heavy atom. The summed E-state index contributed by atoms with van der Waals surface area (Å²) in [7, 11) is 0. The van der Waals surface area contributed by atoms with Gasteiger partial charge < -0.3 is 16.0 Å². The maximum atomic E-state index is 10.6. The topological polar surface area (TPSA) is 78.9 Å². The van der Waals surface area contributed by atoms with Crippen LogP contribution in [0.25, 0.3) is 0 Å². The molecule has 3 rings (SSSR count). The minimum Gasteiger partial charge on any atom is -0.340 e. The van der Waals surface area contributed by atoms with Gasteiger partial charge in [0.2, 0.25) is 5.95 Å². The van der Waals surface area contributed by atoms with E-state index in [0.29, 0.717) is 24.6 Å². The van der Waals surface area contributed by atoms with Crippen molar-refractivity contribution in [2.45, 2.75) is 13.5 Å². The number of nitrogens with one attached hydrogen (secondary N) is 3. The van der Waals surface area contributed by atoms with Crippen molar-refractivity contribution >= 4 is 29.4 Å². The summed E-state index contributed by atoms with van der Waals surface area (Å²) in [5, 5.41) is 9.72. The zero-order valence-corrected chi connectivity index (χ0v) is 15.8. The highest BCUT2D eigenvalue weighted by Crippen LogP contribution is 2.21. The number of aromatic nitrogens is 2. The number of aldehydes is 1. The summed E-state index contributed by atoms with van der Waals surface area (Å²) < 4.78 is 0. The lowest BCUT2D eigenvalue weighted by Gasteiger charge is -2.12. The molecule has 3 N–H and O–H groups in total. The predicted molar refractivity (Wildman–Crippen MR) is 113 cm³/mol. The van der Waals surface area contributed by atoms with Gasteiger partial charge in [0.15, 0.2) is 0 Å². The molecule has 0 aliphatic rings. The quantitative estimate of drug-likeness (QED) is 0.387. The third-order valence-corrected chi connectivity index (χ3v) is 4.07. The number of aryl methyl sites for hydroxylation is 1. The van der Waals surface area contributed by atoms with E-state index in [1.54, 1.807) is 6.20 Å². The van der Waals surface area contributed by atoms with E-state index in [4.69, 9.17) is 0 Å². The first-order chi connectivity index (χ1) is 13.6. The van der Waals surface area contributed by atoms with Crippen LogP contribution in [-0.2, 0) is 11.3 Å². The Bertz CT molecular complexity index is 939. The second kappa shape index (κ2) is 9.43. The van der Waals surface area contributed by atoms with Crippen LogP contribution in [0.2, 0.25) is 0 Å². The molecule has 2 aromatic carbocycles. The zero-order chi connectivity index (χ0) is 19.8. The summed E-state index contributed by atoms with van der Waals surface area (Å²) in [6.07, 6.45) is 2.56. The van der Waals surface area contributed by atoms with Gasteiger partial charge in [-0.3, -0.25) is 4.79 Å². The van der Waals surface area contributed by atoms with Gasteiger partial charge in [0, 0.05) is 36.2 Å². The summed E-state index contributed by atoms with van der Waals surface area (Å²) in [6, 6.07) is 17.9. The van der Waals surface area contributed by atoms with Gasteiger partial charge in [-0.2, -0.15) is 4.98 Å². The Kier molecular flexibility index (Phi) is 6.49. The van der Waals surface area contributed by atoms with Crippen molar-refractivity contribution in [2.24, 2.45) is 0 Å². The molecule has 0 aliphatic carbocycles. The first-order valence-electron chi connectivity index (χ1n) is 8.99. The second-order valence-corrected chi connectivity index (χ2v) is 6.42. The first kappa shape index (κ1) is 19.3. The first-order valence-corrected chi connectivity index (χ1v) is 8.99. The van der Waals surface area contributed by atoms with Gasteiger partial charge in [-0.25, -0.2) is 4.98 Å². The molecule has 28 heavy (non-hydrogen) atoms. The molecule has 0 saturated heterocycles. The number of carbonyl (C=O) groups excluding carboxylic acids is 1. The van der Waals surface area contributed by atoms with E-state index in [1.165, 1.54) is 0 Å². The molecule has 0 atom stereocenters. The lowest BCUT2D eigenvalue weighted by molar-refractivity contribution is -0.104. The smallest absolute Gasteiger partial charge is 0.229 e. The number of rotatable bonds is 9. The fraction of sp³-hybridized carbons (Fsp3) is 0.136. The second-order valence-electron chi connectivity index (χ2n) is 6.42. The molecule has 0 radical (unpaired) electrons. The third-order valence-electron chi connectivity index (χ3n) is 4.07. The van der Waals surface area contributed by atoms with Crippen molar-refractivity contribution in [2.75, 3.05) is 17.2 Å². The number of benzene rings is 2. The predicted octanol–water partition coefficient (Wildman–Crippen LogP) is 4.12. The third kappa shape index (κ3) is 5.49. The van der Waals surface area contributed by atoms with Crippen LogP contribution < -0.4 is 16.0 Å². The molecule has 6 nitrogen and oxygen atoms in total. The Labute approximate surface area is 164 Å². The number of hydrogen-bond donors (Lipinski definition) is 3. The zero-order valence-electron chi connectivity index (χ0n) is 15.8. The van der Waals surface area contributed by atoms with Crippen LogP contribution in [0, 0.1) is 6.92 Å². The maximum absolute atomic E-state index is 10.6. The molecule has 0 bridgehead atoms. The fourth-order valence-corrected chi connectivity index (χ4v) is 2.53. The maximum Gasteiger partial charge on any atom is 0.229 e. The highest BCUT2D eigenvalue weighted by atomic mass is 16.1. The van der Waals surface area contributed by atoms with Crippen LogP contribution in [0.4, 0.5) is 23.1 Å². The van der Waals surface area contributed by atoms with Crippen LogP contribution in [0.1, 0.15) is 11.1 Å². The molecule has 142 valence electrons. The number of para-hydroxylation sites is 1. The number of hydrogen-bond acceptors (Lipinski definition) is 6. The Balaban J connectivity index is 1.63. The van der Waals surface area contributed by atoms with Crippen LogP contribution in [-0.4, -0.2) is 22.8 Å². The summed E-state index contributed by atoms with van der Waals surface area (Å²) >= 11 is 0. The summed E-state index contributed by atoms with van der Waals surface area (Å²) in [5.41, 5.74) is 4.49. The highest BCUT2D eigenvalue weighted by molar-refractivity contribution is 5.72. The van der Waals surface area contributed by atoms with Gasteiger partial charge >= 0.3 is 0 Å². The van der Waals surface area contributed by atoms with Gasteiger partial charge in [-0.05, 0) is 42.3 Å². The van der Waals surface area contributed by atoms with Crippen molar-refractivity contribution in [1.82, 2.24) is 15.3 Å². The summed E-state index contributed by atoms with van der Waals surface area (Å²) in [6.45, 7) is 6.77. The van der Waals surface area contributed by atoms with Gasteiger partial charge in [0.05, 0.1) is 0 Å². The van der Waals surface area contributed by atoms with Crippen molar-refractivity contribution in [1.29, 1.82) is 0 Å². The van der Waals surface area contributed by atoms with Gasteiger partial charge in [0.25, 0.3) is 0 Å². The van der Waals surface area contributed by atoms with Crippen molar-refractivity contribution in [3.8, 4) is 0 Å². The molecule has 0 amide bonds. The standard InChI is InChI=1S/C22H23N5O/c1-16(15-28)12-23-14-18-8-10-20(11-9-18)25-21-17(2)13-24-22(27-21)26-19-6-4-3-5-7-19/h3-11,13,15,23H,1,12,14H2,2H3,(H2,24,25,26,27). The SMILES string of the molecule is C=C(C=O)CNCc1ccc(Nc2nc(Nc3ccccc3)ncc2C)cc1. The van der Waals surface area contributed by atoms with E-state index in [-0.39, 0.29) is 0 Å². The molecule has 0 unspecified atom stereocenters. The van der Waals surface area contributed by atoms with E-state index in [2.05, 4.69) is 32.5 Å². The van der Waals surface area contributed by atoms with E-state index in [9.17, 15) is 4.79 Å². The van der Waals surface area contributed by atoms with E-state index >= 15 is 0 Å². The lowest BCUT2D eigenvalue weighted by Crippen LogP contribution is -2.16. The van der Waals surface area contributed by atoms with Crippen LogP contribution in [0.5, 0.6) is 0 Å². The highest BCUT2D eigenvalue weighted by Gasteiger charge is 2.05. The van der Waals surface area contributed by atoms with Crippen LogP contribution in [0.3, 0.4) is 0 Å². The normalized spacial score (nSPS) is 10.3.